The molecule has 0 amide bonds. The number of carbonyl (C=O) groups is 2. The van der Waals surface area contributed by atoms with Gasteiger partial charge in [0.05, 0.1) is 5.56 Å². The summed E-state index contributed by atoms with van der Waals surface area (Å²) in [4.78, 5) is 22.4. The number of esters is 1. The number of ether oxygens (including phenoxy) is 1. The second-order valence-electron chi connectivity index (χ2n) is 11.8. The maximum atomic E-state index is 12.3. The zero-order valence-electron chi connectivity index (χ0n) is 25.7. The molecule has 4 nitrogen and oxygen atoms in total. The van der Waals surface area contributed by atoms with Gasteiger partial charge in [-0.15, -0.1) is 0 Å². The van der Waals surface area contributed by atoms with Crippen LogP contribution in [0.1, 0.15) is 98.0 Å². The molecule has 2 aromatic carbocycles. The smallest absolute Gasteiger partial charge is 0.343 e. The third kappa shape index (κ3) is 10.4. The minimum Gasteiger partial charge on any atom is -0.423 e. The summed E-state index contributed by atoms with van der Waals surface area (Å²) >= 11 is 0. The molecule has 0 unspecified atom stereocenters. The number of carbonyl (C=O) groups excluding carboxylic acids is 2. The number of hydrogen-bond donors (Lipinski definition) is 1. The maximum absolute atomic E-state index is 12.3. The Kier molecular flexibility index (Phi) is 12.7. The summed E-state index contributed by atoms with van der Waals surface area (Å²) in [6, 6.07) is 14.5. The fourth-order valence-electron chi connectivity index (χ4n) is 3.58. The van der Waals surface area contributed by atoms with E-state index >= 15 is 0 Å². The lowest BCUT2D eigenvalue weighted by molar-refractivity contribution is -0.114. The van der Waals surface area contributed by atoms with Gasteiger partial charge in [-0.05, 0) is 65.8 Å². The molecule has 0 fully saturated rings. The van der Waals surface area contributed by atoms with Crippen LogP contribution in [0.2, 0.25) is 0 Å². The quantitative estimate of drug-likeness (QED) is 0.174. The highest BCUT2D eigenvalue weighted by atomic mass is 16.5. The molecule has 0 spiro atoms. The van der Waals surface area contributed by atoms with Gasteiger partial charge in [0.15, 0.2) is 0 Å². The number of rotatable bonds is 6. The first-order valence-electron chi connectivity index (χ1n) is 13.9. The van der Waals surface area contributed by atoms with Gasteiger partial charge in [0.2, 0.25) is 0 Å². The van der Waals surface area contributed by atoms with E-state index in [4.69, 9.17) is 10.5 Å². The number of nitrogens with two attached hydrogens (primary N) is 1. The Morgan fingerprint density at radius 3 is 1.92 bits per heavy atom. The first kappa shape index (κ1) is 33.6. The van der Waals surface area contributed by atoms with Crippen LogP contribution >= 0.6 is 0 Å². The number of anilines is 1. The predicted molar refractivity (Wildman–Crippen MR) is 166 cm³/mol. The first-order valence-corrected chi connectivity index (χ1v) is 13.9. The van der Waals surface area contributed by atoms with E-state index in [1.165, 1.54) is 16.7 Å². The molecule has 212 valence electrons. The predicted octanol–water partition coefficient (Wildman–Crippen LogP) is 9.27. The summed E-state index contributed by atoms with van der Waals surface area (Å²) in [5.74, 6) is 0.138. The second kappa shape index (κ2) is 14.7. The van der Waals surface area contributed by atoms with Gasteiger partial charge in [0.1, 0.15) is 12.0 Å². The lowest BCUT2D eigenvalue weighted by Gasteiger charge is -2.28. The fraction of sp³-hybridized carbons (Fsp3) is 0.429. The molecule has 1 aliphatic rings. The van der Waals surface area contributed by atoms with E-state index < -0.39 is 5.97 Å². The van der Waals surface area contributed by atoms with Crippen LogP contribution in [0.5, 0.6) is 5.75 Å². The minimum atomic E-state index is -0.390. The summed E-state index contributed by atoms with van der Waals surface area (Å²) in [6.07, 6.45) is 11.8. The maximum Gasteiger partial charge on any atom is 0.343 e. The molecule has 3 rings (SSSR count). The standard InChI is InChI=1S/C27H31NO2.C6H12O.C2H6/c1-26(2,3)20-7-6-8-21(12-11-20)27(4,5)22-13-17-24(18-14-22)30-25(29)19-9-15-23(28)16-10-19;1-4-6(2,3)5-7;1-2/h6-7,9-18H,8,28H2,1-5H3;5H,4H2,1-3H3;1-2H3. The zero-order chi connectivity index (χ0) is 29.9. The highest BCUT2D eigenvalue weighted by Crippen LogP contribution is 2.37. The number of nitrogen functional groups attached to an aromatic ring is 1. The van der Waals surface area contributed by atoms with Crippen LogP contribution in [0.25, 0.3) is 0 Å². The Morgan fingerprint density at radius 1 is 0.897 bits per heavy atom. The van der Waals surface area contributed by atoms with Crippen molar-refractivity contribution in [1.82, 2.24) is 0 Å². The van der Waals surface area contributed by atoms with E-state index in [1.807, 2.05) is 58.9 Å². The Bertz CT molecular complexity index is 1160. The molecule has 1 aliphatic carbocycles. The van der Waals surface area contributed by atoms with E-state index in [0.29, 0.717) is 17.0 Å². The summed E-state index contributed by atoms with van der Waals surface area (Å²) in [7, 11) is 0. The Morgan fingerprint density at radius 2 is 1.46 bits per heavy atom. The van der Waals surface area contributed by atoms with E-state index in [1.54, 1.807) is 24.3 Å². The van der Waals surface area contributed by atoms with Crippen molar-refractivity contribution in [2.24, 2.45) is 10.8 Å². The van der Waals surface area contributed by atoms with Crippen LogP contribution in [-0.2, 0) is 10.2 Å². The van der Waals surface area contributed by atoms with Gasteiger partial charge in [-0.2, -0.15) is 0 Å². The largest absolute Gasteiger partial charge is 0.423 e. The summed E-state index contributed by atoms with van der Waals surface area (Å²) < 4.78 is 5.51. The number of hydrogen-bond acceptors (Lipinski definition) is 4. The molecule has 0 saturated carbocycles. The molecule has 0 aliphatic heterocycles. The van der Waals surface area contributed by atoms with Crippen LogP contribution in [0, 0.1) is 10.8 Å². The van der Waals surface area contributed by atoms with E-state index in [9.17, 15) is 9.59 Å². The monoisotopic (exact) mass is 531 g/mol. The van der Waals surface area contributed by atoms with E-state index in [-0.39, 0.29) is 16.2 Å². The number of aldehydes is 1. The third-order valence-electron chi connectivity index (χ3n) is 6.93. The molecular formula is C35H49NO3. The lowest BCUT2D eigenvalue weighted by atomic mass is 9.76. The average Bonchev–Trinajstić information content (AvgIpc) is 3.18. The van der Waals surface area contributed by atoms with Gasteiger partial charge >= 0.3 is 5.97 Å². The van der Waals surface area contributed by atoms with Crippen LogP contribution in [0.4, 0.5) is 5.69 Å². The van der Waals surface area contributed by atoms with Gasteiger partial charge in [0, 0.05) is 16.5 Å². The Balaban J connectivity index is 0.000000735. The van der Waals surface area contributed by atoms with Crippen molar-refractivity contribution >= 4 is 17.9 Å². The van der Waals surface area contributed by atoms with Crippen molar-refractivity contribution in [2.75, 3.05) is 5.73 Å². The molecule has 0 atom stereocenters. The highest BCUT2D eigenvalue weighted by Gasteiger charge is 2.26. The molecule has 2 N–H and O–H groups in total. The Labute approximate surface area is 237 Å². The summed E-state index contributed by atoms with van der Waals surface area (Å²) in [5.41, 5.74) is 10.5. The topological polar surface area (TPSA) is 69.4 Å². The van der Waals surface area contributed by atoms with Gasteiger partial charge in [-0.25, -0.2) is 4.79 Å². The fourth-order valence-corrected chi connectivity index (χ4v) is 3.58. The molecule has 0 aromatic heterocycles. The van der Waals surface area contributed by atoms with Crippen molar-refractivity contribution in [3.05, 3.63) is 95.1 Å². The van der Waals surface area contributed by atoms with Gasteiger partial charge in [0.25, 0.3) is 0 Å². The molecule has 2 aromatic rings. The lowest BCUT2D eigenvalue weighted by Crippen LogP contribution is -2.20. The Hall–Kier alpha value is -3.40. The van der Waals surface area contributed by atoms with E-state index in [2.05, 4.69) is 58.9 Å². The minimum absolute atomic E-state index is 0.0972. The highest BCUT2D eigenvalue weighted by molar-refractivity contribution is 5.91. The van der Waals surface area contributed by atoms with Crippen molar-refractivity contribution in [3.63, 3.8) is 0 Å². The SMILES string of the molecule is CC.CC(C)(C)C1=CC=C(C(C)(C)c2ccc(OC(=O)c3ccc(N)cc3)cc2)CC=C1.CCC(C)(C)C=O. The van der Waals surface area contributed by atoms with Crippen LogP contribution in [-0.4, -0.2) is 12.3 Å². The zero-order valence-corrected chi connectivity index (χ0v) is 25.7. The molecule has 39 heavy (non-hydrogen) atoms. The van der Waals surface area contributed by atoms with Crippen molar-refractivity contribution in [3.8, 4) is 5.75 Å². The average molecular weight is 532 g/mol. The second-order valence-corrected chi connectivity index (χ2v) is 11.8. The summed E-state index contributed by atoms with van der Waals surface area (Å²) in [6.45, 7) is 21.0. The molecule has 0 heterocycles. The normalized spacial score (nSPS) is 13.4. The van der Waals surface area contributed by atoms with Crippen LogP contribution < -0.4 is 10.5 Å². The van der Waals surface area contributed by atoms with Crippen molar-refractivity contribution in [2.45, 2.75) is 87.5 Å². The molecule has 4 heteroatoms. The van der Waals surface area contributed by atoms with E-state index in [0.717, 1.165) is 19.1 Å². The first-order chi connectivity index (χ1) is 18.2. The van der Waals surface area contributed by atoms with Crippen LogP contribution in [0.15, 0.2) is 84.0 Å². The van der Waals surface area contributed by atoms with Gasteiger partial charge in [-0.1, -0.05) is 111 Å². The molecule has 0 saturated heterocycles. The van der Waals surface area contributed by atoms with Gasteiger partial charge < -0.3 is 15.3 Å². The van der Waals surface area contributed by atoms with Crippen LogP contribution in [0.3, 0.4) is 0 Å². The van der Waals surface area contributed by atoms with Crippen molar-refractivity contribution in [1.29, 1.82) is 0 Å². The molecule has 0 radical (unpaired) electrons. The molecular weight excluding hydrogens is 482 g/mol. The summed E-state index contributed by atoms with van der Waals surface area (Å²) in [5, 5.41) is 0. The number of allylic oxidation sites excluding steroid dienone is 6. The molecule has 0 bridgehead atoms. The third-order valence-corrected chi connectivity index (χ3v) is 6.93. The number of benzene rings is 2. The van der Waals surface area contributed by atoms with Crippen molar-refractivity contribution < 1.29 is 14.3 Å². The van der Waals surface area contributed by atoms with Gasteiger partial charge in [-0.3, -0.25) is 0 Å².